The van der Waals surface area contributed by atoms with E-state index in [-0.39, 0.29) is 29.0 Å². The van der Waals surface area contributed by atoms with E-state index in [0.717, 1.165) is 36.8 Å². The normalized spacial score (nSPS) is 13.8. The van der Waals surface area contributed by atoms with Crippen LogP contribution in [0.2, 0.25) is 5.02 Å². The van der Waals surface area contributed by atoms with Crippen molar-refractivity contribution in [1.82, 2.24) is 24.6 Å². The van der Waals surface area contributed by atoms with Crippen LogP contribution in [0.3, 0.4) is 0 Å². The van der Waals surface area contributed by atoms with Gasteiger partial charge in [0.05, 0.1) is 29.3 Å². The van der Waals surface area contributed by atoms with E-state index >= 15 is 0 Å². The van der Waals surface area contributed by atoms with Crippen molar-refractivity contribution in [3.8, 4) is 28.5 Å². The molecule has 1 aliphatic rings. The fourth-order valence-electron chi connectivity index (χ4n) is 5.18. The van der Waals surface area contributed by atoms with Gasteiger partial charge in [-0.25, -0.2) is 18.1 Å². The Morgan fingerprint density at radius 2 is 1.78 bits per heavy atom. The SMILES string of the molecule is COc1ccc(-c2nc(-c3ccncc3)nn2CCN(C(=O)CCS(=O)(=O)c2ccccc2)C2CCCC2)cc1Cl. The van der Waals surface area contributed by atoms with E-state index in [9.17, 15) is 13.2 Å². The molecule has 0 unspecified atom stereocenters. The van der Waals surface area contributed by atoms with Crippen molar-refractivity contribution >= 4 is 27.3 Å². The summed E-state index contributed by atoms with van der Waals surface area (Å²) in [5.74, 6) is 1.29. The molecule has 5 rings (SSSR count). The van der Waals surface area contributed by atoms with Gasteiger partial charge in [0.1, 0.15) is 5.75 Å². The van der Waals surface area contributed by atoms with Gasteiger partial charge in [-0.2, -0.15) is 5.10 Å². The molecule has 1 saturated carbocycles. The minimum atomic E-state index is -3.56. The Morgan fingerprint density at radius 3 is 2.46 bits per heavy atom. The molecule has 1 amide bonds. The van der Waals surface area contributed by atoms with E-state index in [1.165, 1.54) is 0 Å². The Hall–Kier alpha value is -3.76. The molecule has 0 bridgehead atoms. The number of halogens is 1. The van der Waals surface area contributed by atoms with Crippen LogP contribution in [-0.2, 0) is 21.2 Å². The first-order valence-corrected chi connectivity index (χ1v) is 15.6. The second-order valence-electron chi connectivity index (χ2n) is 9.97. The minimum Gasteiger partial charge on any atom is -0.495 e. The summed E-state index contributed by atoms with van der Waals surface area (Å²) < 4.78 is 32.8. The highest BCUT2D eigenvalue weighted by Crippen LogP contribution is 2.31. The number of rotatable bonds is 11. The molecule has 0 N–H and O–H groups in total. The van der Waals surface area contributed by atoms with Crippen LogP contribution in [0.1, 0.15) is 32.1 Å². The molecular weight excluding hydrogens is 562 g/mol. The number of hydrogen-bond donors (Lipinski definition) is 0. The Labute approximate surface area is 245 Å². The van der Waals surface area contributed by atoms with Crippen molar-refractivity contribution in [1.29, 1.82) is 0 Å². The van der Waals surface area contributed by atoms with E-state index in [0.29, 0.717) is 35.5 Å². The highest BCUT2D eigenvalue weighted by molar-refractivity contribution is 7.91. The summed E-state index contributed by atoms with van der Waals surface area (Å²) in [5, 5.41) is 5.23. The molecule has 9 nitrogen and oxygen atoms in total. The number of pyridine rings is 1. The number of ether oxygens (including phenoxy) is 1. The topological polar surface area (TPSA) is 107 Å². The van der Waals surface area contributed by atoms with Gasteiger partial charge in [0.15, 0.2) is 21.5 Å². The fraction of sp³-hybridized carbons (Fsp3) is 0.333. The lowest BCUT2D eigenvalue weighted by molar-refractivity contribution is -0.133. The number of benzene rings is 2. The first-order valence-electron chi connectivity index (χ1n) is 13.6. The lowest BCUT2D eigenvalue weighted by atomic mass is 10.2. The largest absolute Gasteiger partial charge is 0.495 e. The molecule has 2 aromatic heterocycles. The number of carbonyl (C=O) groups excluding carboxylic acids is 1. The summed E-state index contributed by atoms with van der Waals surface area (Å²) in [5.41, 5.74) is 1.57. The molecule has 41 heavy (non-hydrogen) atoms. The molecule has 1 fully saturated rings. The molecule has 0 atom stereocenters. The number of hydrogen-bond acceptors (Lipinski definition) is 7. The summed E-state index contributed by atoms with van der Waals surface area (Å²) in [6.07, 6.45) is 7.18. The molecule has 0 spiro atoms. The van der Waals surface area contributed by atoms with Crippen LogP contribution >= 0.6 is 11.6 Å². The summed E-state index contributed by atoms with van der Waals surface area (Å²) in [6.45, 7) is 0.760. The fourth-order valence-corrected chi connectivity index (χ4v) is 6.69. The highest BCUT2D eigenvalue weighted by atomic mass is 35.5. The van der Waals surface area contributed by atoms with Crippen molar-refractivity contribution < 1.29 is 17.9 Å². The second kappa shape index (κ2) is 12.8. The Morgan fingerprint density at radius 1 is 1.05 bits per heavy atom. The quantitative estimate of drug-likeness (QED) is 0.232. The predicted octanol–water partition coefficient (Wildman–Crippen LogP) is 5.30. The van der Waals surface area contributed by atoms with Crippen LogP contribution in [0, 0.1) is 0 Å². The Kier molecular flexibility index (Phi) is 8.99. The molecule has 0 saturated heterocycles. The van der Waals surface area contributed by atoms with Gasteiger partial charge in [-0.1, -0.05) is 42.6 Å². The number of methoxy groups -OCH3 is 1. The van der Waals surface area contributed by atoms with Crippen LogP contribution in [0.15, 0.2) is 78.0 Å². The number of sulfone groups is 1. The zero-order valence-corrected chi connectivity index (χ0v) is 24.4. The average Bonchev–Trinajstić information content (AvgIpc) is 3.68. The maximum atomic E-state index is 13.5. The first kappa shape index (κ1) is 28.8. The highest BCUT2D eigenvalue weighted by Gasteiger charge is 2.28. The van der Waals surface area contributed by atoms with Crippen molar-refractivity contribution in [3.63, 3.8) is 0 Å². The average molecular weight is 594 g/mol. The Bertz CT molecular complexity index is 1590. The second-order valence-corrected chi connectivity index (χ2v) is 12.5. The zero-order valence-electron chi connectivity index (χ0n) is 22.8. The van der Waals surface area contributed by atoms with Crippen molar-refractivity contribution in [2.75, 3.05) is 19.4 Å². The third-order valence-electron chi connectivity index (χ3n) is 7.35. The summed E-state index contributed by atoms with van der Waals surface area (Å²) in [4.78, 5) is 24.5. The standard InChI is InChI=1S/C30H32ClN5O4S/c1-40-27-12-11-23(21-26(27)31)30-33-29(22-13-16-32-17-14-22)34-36(30)19-18-35(24-7-5-6-8-24)28(37)15-20-41(38,39)25-9-3-2-4-10-25/h2-4,9-14,16-17,21,24H,5-8,15,18-20H2,1H3. The van der Waals surface area contributed by atoms with E-state index in [1.54, 1.807) is 66.6 Å². The van der Waals surface area contributed by atoms with Crippen LogP contribution in [0.4, 0.5) is 0 Å². The van der Waals surface area contributed by atoms with Crippen LogP contribution in [-0.4, -0.2) is 64.4 Å². The zero-order chi connectivity index (χ0) is 28.8. The number of aromatic nitrogens is 4. The molecular formula is C30H32ClN5O4S. The molecule has 0 aliphatic heterocycles. The van der Waals surface area contributed by atoms with E-state index in [2.05, 4.69) is 4.98 Å². The molecule has 2 heterocycles. The minimum absolute atomic E-state index is 0.0731. The molecule has 4 aromatic rings. The monoisotopic (exact) mass is 593 g/mol. The Balaban J connectivity index is 1.39. The molecule has 11 heteroatoms. The summed E-state index contributed by atoms with van der Waals surface area (Å²) in [7, 11) is -2.00. The molecule has 2 aromatic carbocycles. The van der Waals surface area contributed by atoms with Crippen LogP contribution in [0.5, 0.6) is 5.75 Å². The van der Waals surface area contributed by atoms with Crippen molar-refractivity contribution in [2.45, 2.75) is 49.6 Å². The van der Waals surface area contributed by atoms with Gasteiger partial charge < -0.3 is 9.64 Å². The van der Waals surface area contributed by atoms with Gasteiger partial charge in [0, 0.05) is 42.5 Å². The van der Waals surface area contributed by atoms with Gasteiger partial charge in [-0.05, 0) is 55.3 Å². The number of amides is 1. The van der Waals surface area contributed by atoms with Crippen molar-refractivity contribution in [3.05, 3.63) is 78.1 Å². The number of nitrogens with zero attached hydrogens (tertiary/aromatic N) is 5. The predicted molar refractivity (Wildman–Crippen MR) is 157 cm³/mol. The first-order chi connectivity index (χ1) is 19.9. The van der Waals surface area contributed by atoms with Crippen LogP contribution in [0.25, 0.3) is 22.8 Å². The third kappa shape index (κ3) is 6.77. The maximum Gasteiger partial charge on any atom is 0.223 e. The van der Waals surface area contributed by atoms with E-state index in [4.69, 9.17) is 26.4 Å². The van der Waals surface area contributed by atoms with Gasteiger partial charge in [0.2, 0.25) is 5.91 Å². The summed E-state index contributed by atoms with van der Waals surface area (Å²) in [6, 6.07) is 17.5. The van der Waals surface area contributed by atoms with Gasteiger partial charge in [-0.3, -0.25) is 9.78 Å². The van der Waals surface area contributed by atoms with Crippen molar-refractivity contribution in [2.24, 2.45) is 0 Å². The van der Waals surface area contributed by atoms with Crippen LogP contribution < -0.4 is 4.74 Å². The van der Waals surface area contributed by atoms with Gasteiger partial charge >= 0.3 is 0 Å². The molecule has 214 valence electrons. The lowest BCUT2D eigenvalue weighted by Gasteiger charge is -2.29. The third-order valence-corrected chi connectivity index (χ3v) is 9.37. The summed E-state index contributed by atoms with van der Waals surface area (Å²) >= 11 is 6.43. The smallest absolute Gasteiger partial charge is 0.223 e. The van der Waals surface area contributed by atoms with Gasteiger partial charge in [0.25, 0.3) is 0 Å². The van der Waals surface area contributed by atoms with Gasteiger partial charge in [-0.15, -0.1) is 0 Å². The number of carbonyl (C=O) groups is 1. The lowest BCUT2D eigenvalue weighted by Crippen LogP contribution is -2.41. The van der Waals surface area contributed by atoms with E-state index in [1.807, 2.05) is 23.1 Å². The molecule has 0 radical (unpaired) electrons. The van der Waals surface area contributed by atoms with E-state index < -0.39 is 9.84 Å². The maximum absolute atomic E-state index is 13.5. The molecule has 1 aliphatic carbocycles.